The Morgan fingerprint density at radius 3 is 2.35 bits per heavy atom. The molecule has 0 aliphatic rings. The fourth-order valence-electron chi connectivity index (χ4n) is 1.54. The van der Waals surface area contributed by atoms with Gasteiger partial charge in [0.25, 0.3) is 0 Å². The standard InChI is InChI=1S/C15H13FO4/c1-18-13-4-2-3-5-14(13)19-10-15(17)20-12-8-6-11(16)7-9-12/h2-9H,10H2,1H3. The first-order valence-corrected chi connectivity index (χ1v) is 5.91. The molecule has 0 aliphatic carbocycles. The summed E-state index contributed by atoms with van der Waals surface area (Å²) in [6.45, 7) is -0.266. The highest BCUT2D eigenvalue weighted by Gasteiger charge is 2.09. The molecule has 4 nitrogen and oxygen atoms in total. The smallest absolute Gasteiger partial charge is 0.349 e. The Labute approximate surface area is 115 Å². The fourth-order valence-corrected chi connectivity index (χ4v) is 1.54. The summed E-state index contributed by atoms with van der Waals surface area (Å²) in [6, 6.07) is 12.1. The van der Waals surface area contributed by atoms with Gasteiger partial charge in [-0.05, 0) is 36.4 Å². The van der Waals surface area contributed by atoms with Crippen LogP contribution in [0.25, 0.3) is 0 Å². The van der Waals surface area contributed by atoms with Gasteiger partial charge < -0.3 is 14.2 Å². The molecule has 2 aromatic carbocycles. The normalized spacial score (nSPS) is 9.90. The average Bonchev–Trinajstić information content (AvgIpc) is 2.48. The molecule has 0 radical (unpaired) electrons. The van der Waals surface area contributed by atoms with Crippen LogP contribution in [0.1, 0.15) is 0 Å². The first-order chi connectivity index (χ1) is 9.69. The number of hydrogen-bond acceptors (Lipinski definition) is 4. The van der Waals surface area contributed by atoms with E-state index in [0.29, 0.717) is 11.5 Å². The van der Waals surface area contributed by atoms with Crippen molar-refractivity contribution in [3.63, 3.8) is 0 Å². The molecule has 2 rings (SSSR count). The van der Waals surface area contributed by atoms with Crippen LogP contribution in [0.3, 0.4) is 0 Å². The number of methoxy groups -OCH3 is 1. The van der Waals surface area contributed by atoms with Gasteiger partial charge in [-0.1, -0.05) is 12.1 Å². The molecular formula is C15H13FO4. The van der Waals surface area contributed by atoms with Gasteiger partial charge in [0.1, 0.15) is 11.6 Å². The summed E-state index contributed by atoms with van der Waals surface area (Å²) in [5, 5.41) is 0. The molecule has 2 aromatic rings. The van der Waals surface area contributed by atoms with Crippen LogP contribution in [-0.4, -0.2) is 19.7 Å². The van der Waals surface area contributed by atoms with E-state index in [-0.39, 0.29) is 12.4 Å². The lowest BCUT2D eigenvalue weighted by molar-refractivity contribution is -0.136. The topological polar surface area (TPSA) is 44.8 Å². The zero-order valence-corrected chi connectivity index (χ0v) is 10.8. The number of ether oxygens (including phenoxy) is 3. The molecular weight excluding hydrogens is 263 g/mol. The summed E-state index contributed by atoms with van der Waals surface area (Å²) < 4.78 is 28.1. The van der Waals surface area contributed by atoms with E-state index in [1.165, 1.54) is 31.4 Å². The van der Waals surface area contributed by atoms with Crippen LogP contribution in [0.2, 0.25) is 0 Å². The molecule has 0 aromatic heterocycles. The predicted molar refractivity (Wildman–Crippen MR) is 70.5 cm³/mol. The second-order valence-electron chi connectivity index (χ2n) is 3.87. The monoisotopic (exact) mass is 276 g/mol. The molecule has 0 atom stereocenters. The van der Waals surface area contributed by atoms with E-state index in [1.807, 2.05) is 0 Å². The Bertz CT molecular complexity index is 581. The lowest BCUT2D eigenvalue weighted by atomic mass is 10.3. The summed E-state index contributed by atoms with van der Waals surface area (Å²) in [6.07, 6.45) is 0. The highest BCUT2D eigenvalue weighted by atomic mass is 19.1. The molecule has 104 valence electrons. The third kappa shape index (κ3) is 3.71. The molecule has 5 heteroatoms. The first kappa shape index (κ1) is 13.9. The summed E-state index contributed by atoms with van der Waals surface area (Å²) in [4.78, 5) is 11.6. The highest BCUT2D eigenvalue weighted by Crippen LogP contribution is 2.25. The summed E-state index contributed by atoms with van der Waals surface area (Å²) in [5.41, 5.74) is 0. The minimum atomic E-state index is -0.581. The maximum Gasteiger partial charge on any atom is 0.349 e. The van der Waals surface area contributed by atoms with Gasteiger partial charge in [0, 0.05) is 0 Å². The molecule has 0 amide bonds. The molecule has 0 N–H and O–H groups in total. The second kappa shape index (κ2) is 6.56. The number of hydrogen-bond donors (Lipinski definition) is 0. The van der Waals surface area contributed by atoms with E-state index < -0.39 is 11.8 Å². The van der Waals surface area contributed by atoms with Crippen molar-refractivity contribution < 1.29 is 23.4 Å². The molecule has 0 bridgehead atoms. The lowest BCUT2D eigenvalue weighted by Crippen LogP contribution is -2.17. The summed E-state index contributed by atoms with van der Waals surface area (Å²) >= 11 is 0. The average molecular weight is 276 g/mol. The summed E-state index contributed by atoms with van der Waals surface area (Å²) in [7, 11) is 1.51. The number of carbonyl (C=O) groups excluding carboxylic acids is 1. The van der Waals surface area contributed by atoms with Crippen molar-refractivity contribution in [3.05, 3.63) is 54.3 Å². The minimum absolute atomic E-state index is 0.264. The van der Waals surface area contributed by atoms with Gasteiger partial charge in [-0.3, -0.25) is 0 Å². The number of esters is 1. The van der Waals surface area contributed by atoms with Crippen LogP contribution in [0.4, 0.5) is 4.39 Å². The van der Waals surface area contributed by atoms with E-state index in [0.717, 1.165) is 0 Å². The molecule has 0 heterocycles. The van der Waals surface area contributed by atoms with Crippen LogP contribution >= 0.6 is 0 Å². The first-order valence-electron chi connectivity index (χ1n) is 5.91. The second-order valence-corrected chi connectivity index (χ2v) is 3.87. The van der Waals surface area contributed by atoms with Crippen LogP contribution in [0, 0.1) is 5.82 Å². The Hall–Kier alpha value is -2.56. The zero-order chi connectivity index (χ0) is 14.4. The van der Waals surface area contributed by atoms with Gasteiger partial charge >= 0.3 is 5.97 Å². The number of carbonyl (C=O) groups is 1. The third-order valence-corrected chi connectivity index (χ3v) is 2.46. The van der Waals surface area contributed by atoms with Gasteiger partial charge in [-0.2, -0.15) is 0 Å². The van der Waals surface area contributed by atoms with Crippen LogP contribution in [0.15, 0.2) is 48.5 Å². The van der Waals surface area contributed by atoms with Crippen molar-refractivity contribution in [1.82, 2.24) is 0 Å². The van der Waals surface area contributed by atoms with Gasteiger partial charge in [-0.15, -0.1) is 0 Å². The lowest BCUT2D eigenvalue weighted by Gasteiger charge is -2.09. The van der Waals surface area contributed by atoms with Crippen LogP contribution in [-0.2, 0) is 4.79 Å². The SMILES string of the molecule is COc1ccccc1OCC(=O)Oc1ccc(F)cc1. The van der Waals surface area contributed by atoms with Gasteiger partial charge in [-0.25, -0.2) is 9.18 Å². The van der Waals surface area contributed by atoms with Gasteiger partial charge in [0.15, 0.2) is 18.1 Å². The third-order valence-electron chi connectivity index (χ3n) is 2.46. The number of halogens is 1. The van der Waals surface area contributed by atoms with Crippen LogP contribution < -0.4 is 14.2 Å². The van der Waals surface area contributed by atoms with E-state index >= 15 is 0 Å². The van der Waals surface area contributed by atoms with Gasteiger partial charge in [0.2, 0.25) is 0 Å². The van der Waals surface area contributed by atoms with Crippen molar-refractivity contribution in [2.24, 2.45) is 0 Å². The maximum absolute atomic E-state index is 12.7. The van der Waals surface area contributed by atoms with Crippen molar-refractivity contribution >= 4 is 5.97 Å². The molecule has 0 spiro atoms. The van der Waals surface area contributed by atoms with E-state index in [4.69, 9.17) is 14.2 Å². The minimum Gasteiger partial charge on any atom is -0.493 e. The number of para-hydroxylation sites is 2. The molecule has 0 aliphatic heterocycles. The Kier molecular flexibility index (Phi) is 4.55. The molecule has 0 fully saturated rings. The Morgan fingerprint density at radius 1 is 1.05 bits per heavy atom. The Morgan fingerprint density at radius 2 is 1.70 bits per heavy atom. The van der Waals surface area contributed by atoms with Crippen molar-refractivity contribution in [1.29, 1.82) is 0 Å². The molecule has 0 unspecified atom stereocenters. The van der Waals surface area contributed by atoms with Crippen molar-refractivity contribution in [2.75, 3.05) is 13.7 Å². The largest absolute Gasteiger partial charge is 0.493 e. The highest BCUT2D eigenvalue weighted by molar-refractivity contribution is 5.74. The van der Waals surface area contributed by atoms with E-state index in [1.54, 1.807) is 24.3 Å². The van der Waals surface area contributed by atoms with Crippen molar-refractivity contribution in [2.45, 2.75) is 0 Å². The number of benzene rings is 2. The zero-order valence-electron chi connectivity index (χ0n) is 10.8. The molecule has 0 saturated heterocycles. The van der Waals surface area contributed by atoms with Gasteiger partial charge in [0.05, 0.1) is 7.11 Å². The predicted octanol–water partition coefficient (Wildman–Crippen LogP) is 2.82. The van der Waals surface area contributed by atoms with Crippen molar-refractivity contribution in [3.8, 4) is 17.2 Å². The Balaban J connectivity index is 1.90. The van der Waals surface area contributed by atoms with Crippen LogP contribution in [0.5, 0.6) is 17.2 Å². The van der Waals surface area contributed by atoms with E-state index in [2.05, 4.69) is 0 Å². The maximum atomic E-state index is 12.7. The fraction of sp³-hybridized carbons (Fsp3) is 0.133. The summed E-state index contributed by atoms with van der Waals surface area (Å²) in [5.74, 6) is 0.269. The quantitative estimate of drug-likeness (QED) is 0.622. The molecule has 20 heavy (non-hydrogen) atoms. The number of rotatable bonds is 5. The molecule has 0 saturated carbocycles. The van der Waals surface area contributed by atoms with E-state index in [9.17, 15) is 9.18 Å².